The van der Waals surface area contributed by atoms with Crippen LogP contribution in [0.25, 0.3) is 10.9 Å². The zero-order chi connectivity index (χ0) is 10.3. The highest BCUT2D eigenvalue weighted by atomic mass is 79.9. The van der Waals surface area contributed by atoms with Crippen molar-refractivity contribution in [1.29, 1.82) is 0 Å². The maximum absolute atomic E-state index is 4.51. The minimum Gasteiger partial charge on any atom is -0.253 e. The van der Waals surface area contributed by atoms with Crippen molar-refractivity contribution in [1.82, 2.24) is 4.98 Å². The van der Waals surface area contributed by atoms with Gasteiger partial charge in [0.25, 0.3) is 0 Å². The van der Waals surface area contributed by atoms with E-state index in [1.54, 1.807) is 0 Å². The van der Waals surface area contributed by atoms with Crippen LogP contribution in [0, 0.1) is 20.8 Å². The van der Waals surface area contributed by atoms with E-state index < -0.39 is 0 Å². The second kappa shape index (κ2) is 3.35. The number of hydrogen-bond acceptors (Lipinski definition) is 1. The molecule has 0 aliphatic heterocycles. The topological polar surface area (TPSA) is 12.9 Å². The number of hydrogen-bond donors (Lipinski definition) is 0. The molecule has 0 amide bonds. The van der Waals surface area contributed by atoms with Crippen LogP contribution in [0.5, 0.6) is 0 Å². The predicted molar refractivity (Wildman–Crippen MR) is 63.7 cm³/mol. The van der Waals surface area contributed by atoms with E-state index in [1.807, 2.05) is 13.0 Å². The van der Waals surface area contributed by atoms with Crippen LogP contribution in [-0.4, -0.2) is 4.98 Å². The Hall–Kier alpha value is -0.890. The normalized spacial score (nSPS) is 10.9. The highest BCUT2D eigenvalue weighted by Gasteiger charge is 2.05. The van der Waals surface area contributed by atoms with E-state index in [2.05, 4.69) is 46.9 Å². The fourth-order valence-corrected chi connectivity index (χ4v) is 2.21. The summed E-state index contributed by atoms with van der Waals surface area (Å²) in [4.78, 5) is 4.51. The number of nitrogens with zero attached hydrogens (tertiary/aromatic N) is 1. The summed E-state index contributed by atoms with van der Waals surface area (Å²) in [5.41, 5.74) is 4.71. The molecule has 14 heavy (non-hydrogen) atoms. The predicted octanol–water partition coefficient (Wildman–Crippen LogP) is 3.92. The van der Waals surface area contributed by atoms with Crippen molar-refractivity contribution >= 4 is 26.8 Å². The van der Waals surface area contributed by atoms with E-state index in [0.717, 1.165) is 11.2 Å². The van der Waals surface area contributed by atoms with Crippen molar-refractivity contribution < 1.29 is 0 Å². The van der Waals surface area contributed by atoms with Gasteiger partial charge in [-0.1, -0.05) is 0 Å². The molecule has 0 unspecified atom stereocenters. The van der Waals surface area contributed by atoms with Crippen LogP contribution in [0.2, 0.25) is 0 Å². The lowest BCUT2D eigenvalue weighted by molar-refractivity contribution is 1.24. The van der Waals surface area contributed by atoms with Gasteiger partial charge in [0.1, 0.15) is 0 Å². The highest BCUT2D eigenvalue weighted by molar-refractivity contribution is 9.10. The lowest BCUT2D eigenvalue weighted by Gasteiger charge is -2.07. The van der Waals surface area contributed by atoms with Gasteiger partial charge in [-0.15, -0.1) is 0 Å². The average Bonchev–Trinajstić information content (AvgIpc) is 2.14. The molecule has 1 nitrogen and oxygen atoms in total. The van der Waals surface area contributed by atoms with E-state index in [1.165, 1.54) is 21.0 Å². The molecule has 2 aromatic rings. The van der Waals surface area contributed by atoms with Crippen LogP contribution in [0.1, 0.15) is 16.8 Å². The average molecular weight is 250 g/mol. The molecule has 0 spiro atoms. The molecular weight excluding hydrogens is 238 g/mol. The van der Waals surface area contributed by atoms with Gasteiger partial charge in [0.2, 0.25) is 0 Å². The Bertz CT molecular complexity index is 503. The molecule has 1 aromatic heterocycles. The van der Waals surface area contributed by atoms with E-state index in [0.29, 0.717) is 0 Å². The number of aryl methyl sites for hydroxylation is 2. The van der Waals surface area contributed by atoms with E-state index in [4.69, 9.17) is 0 Å². The van der Waals surface area contributed by atoms with Gasteiger partial charge in [-0.3, -0.25) is 4.98 Å². The molecule has 72 valence electrons. The SMILES string of the molecule is Cc1ccc2c(Br)c(C)c(C)cc2n1. The van der Waals surface area contributed by atoms with Crippen LogP contribution >= 0.6 is 15.9 Å². The van der Waals surface area contributed by atoms with Gasteiger partial charge in [0.15, 0.2) is 0 Å². The molecule has 0 aliphatic carbocycles. The first-order valence-corrected chi connectivity index (χ1v) is 5.42. The zero-order valence-electron chi connectivity index (χ0n) is 8.56. The summed E-state index contributed by atoms with van der Waals surface area (Å²) in [7, 11) is 0. The lowest BCUT2D eigenvalue weighted by atomic mass is 10.1. The Labute approximate surface area is 92.3 Å². The summed E-state index contributed by atoms with van der Waals surface area (Å²) in [6.45, 7) is 6.25. The number of fused-ring (bicyclic) bond motifs is 1. The van der Waals surface area contributed by atoms with Crippen molar-refractivity contribution in [2.75, 3.05) is 0 Å². The third kappa shape index (κ3) is 1.44. The molecule has 2 heteroatoms. The molecule has 2 rings (SSSR count). The van der Waals surface area contributed by atoms with Crippen molar-refractivity contribution in [3.63, 3.8) is 0 Å². The molecule has 0 saturated heterocycles. The quantitative estimate of drug-likeness (QED) is 0.690. The van der Waals surface area contributed by atoms with Crippen LogP contribution in [-0.2, 0) is 0 Å². The zero-order valence-corrected chi connectivity index (χ0v) is 10.1. The van der Waals surface area contributed by atoms with Gasteiger partial charge in [-0.25, -0.2) is 0 Å². The fourth-order valence-electron chi connectivity index (χ4n) is 1.56. The molecule has 0 atom stereocenters. The first-order chi connectivity index (χ1) is 6.59. The molecule has 0 fully saturated rings. The Morgan fingerprint density at radius 1 is 1.14 bits per heavy atom. The van der Waals surface area contributed by atoms with E-state index >= 15 is 0 Å². The minimum atomic E-state index is 1.06. The summed E-state index contributed by atoms with van der Waals surface area (Å²) < 4.78 is 1.17. The van der Waals surface area contributed by atoms with Crippen molar-refractivity contribution in [3.8, 4) is 0 Å². The van der Waals surface area contributed by atoms with Crippen molar-refractivity contribution in [3.05, 3.63) is 39.5 Å². The number of rotatable bonds is 0. The number of halogens is 1. The second-order valence-electron chi connectivity index (χ2n) is 3.65. The summed E-state index contributed by atoms with van der Waals surface area (Å²) >= 11 is 3.62. The smallest absolute Gasteiger partial charge is 0.0719 e. The van der Waals surface area contributed by atoms with E-state index in [-0.39, 0.29) is 0 Å². The Morgan fingerprint density at radius 2 is 1.86 bits per heavy atom. The number of aromatic nitrogens is 1. The molecule has 1 aromatic carbocycles. The van der Waals surface area contributed by atoms with Crippen LogP contribution < -0.4 is 0 Å². The molecule has 0 saturated carbocycles. The van der Waals surface area contributed by atoms with Crippen molar-refractivity contribution in [2.24, 2.45) is 0 Å². The first kappa shape index (κ1) is 9.66. The molecule has 0 radical (unpaired) electrons. The van der Waals surface area contributed by atoms with Crippen LogP contribution in [0.4, 0.5) is 0 Å². The van der Waals surface area contributed by atoms with Gasteiger partial charge < -0.3 is 0 Å². The Kier molecular flexibility index (Phi) is 2.31. The standard InChI is InChI=1S/C12H12BrN/c1-7-6-11-10(12(13)9(7)3)5-4-8(2)14-11/h4-6H,1-3H3. The first-order valence-electron chi connectivity index (χ1n) is 4.62. The summed E-state index contributed by atoms with van der Waals surface area (Å²) in [5.74, 6) is 0. The minimum absolute atomic E-state index is 1.06. The monoisotopic (exact) mass is 249 g/mol. The summed E-state index contributed by atoms with van der Waals surface area (Å²) in [5, 5.41) is 1.19. The Balaban J connectivity index is 2.91. The highest BCUT2D eigenvalue weighted by Crippen LogP contribution is 2.28. The van der Waals surface area contributed by atoms with Gasteiger partial charge in [0.05, 0.1) is 5.52 Å². The lowest BCUT2D eigenvalue weighted by Crippen LogP contribution is -1.89. The molecule has 0 aliphatic rings. The van der Waals surface area contributed by atoms with Gasteiger partial charge >= 0.3 is 0 Å². The third-order valence-electron chi connectivity index (χ3n) is 2.57. The van der Waals surface area contributed by atoms with Crippen LogP contribution in [0.3, 0.4) is 0 Å². The second-order valence-corrected chi connectivity index (χ2v) is 4.44. The van der Waals surface area contributed by atoms with Gasteiger partial charge in [0, 0.05) is 15.6 Å². The third-order valence-corrected chi connectivity index (χ3v) is 3.60. The number of pyridine rings is 1. The van der Waals surface area contributed by atoms with Gasteiger partial charge in [-0.2, -0.15) is 0 Å². The maximum Gasteiger partial charge on any atom is 0.0719 e. The largest absolute Gasteiger partial charge is 0.253 e. The molecule has 0 bridgehead atoms. The molecule has 0 N–H and O–H groups in total. The Morgan fingerprint density at radius 3 is 2.57 bits per heavy atom. The summed E-state index contributed by atoms with van der Waals surface area (Å²) in [6.07, 6.45) is 0. The fraction of sp³-hybridized carbons (Fsp3) is 0.250. The van der Waals surface area contributed by atoms with E-state index in [9.17, 15) is 0 Å². The molecular formula is C12H12BrN. The van der Waals surface area contributed by atoms with Crippen LogP contribution in [0.15, 0.2) is 22.7 Å². The number of benzene rings is 1. The summed E-state index contributed by atoms with van der Waals surface area (Å²) in [6, 6.07) is 6.30. The van der Waals surface area contributed by atoms with Gasteiger partial charge in [-0.05, 0) is 66.0 Å². The molecule has 1 heterocycles. The van der Waals surface area contributed by atoms with Crippen molar-refractivity contribution in [2.45, 2.75) is 20.8 Å². The maximum atomic E-state index is 4.51.